The third-order valence-electron chi connectivity index (χ3n) is 6.74. The predicted molar refractivity (Wildman–Crippen MR) is 129 cm³/mol. The SMILES string of the molecule is C[C@@]1(C(=O)Nc2ccc(C#N)nc2)CCCN1c1nc(Nc2cc(C3CC3)[nH]n2)n2cccc2n1. The lowest BCUT2D eigenvalue weighted by molar-refractivity contribution is -0.120. The summed E-state index contributed by atoms with van der Waals surface area (Å²) in [7, 11) is 0. The lowest BCUT2D eigenvalue weighted by Gasteiger charge is -2.34. The summed E-state index contributed by atoms with van der Waals surface area (Å²) in [5, 5.41) is 22.7. The Kier molecular flexibility index (Phi) is 4.88. The van der Waals surface area contributed by atoms with Crippen LogP contribution in [0, 0.1) is 11.3 Å². The highest BCUT2D eigenvalue weighted by atomic mass is 16.2. The molecule has 1 saturated heterocycles. The van der Waals surface area contributed by atoms with Gasteiger partial charge in [-0.05, 0) is 56.9 Å². The van der Waals surface area contributed by atoms with Crippen LogP contribution in [-0.2, 0) is 4.79 Å². The second-order valence-corrected chi connectivity index (χ2v) is 9.22. The van der Waals surface area contributed by atoms with Crippen molar-refractivity contribution >= 4 is 35.0 Å². The summed E-state index contributed by atoms with van der Waals surface area (Å²) in [5.74, 6) is 2.15. The standard InChI is InChI=1S/C24H24N10O/c1-24(21(35)27-17-8-7-16(13-25)26-14-17)9-3-11-34(24)23-29-20-4-2-10-33(20)22(30-23)28-19-12-18(31-32-19)15-5-6-15/h2,4,7-8,10,12,14-15H,3,5-6,9,11H2,1H3,(H,27,35)(H2,28,29,30,31,32)/t24-/m0/s1. The molecule has 0 radical (unpaired) electrons. The topological polar surface area (TPSA) is 140 Å². The van der Waals surface area contributed by atoms with E-state index in [4.69, 9.17) is 15.2 Å². The van der Waals surface area contributed by atoms with Crippen LogP contribution in [0.1, 0.15) is 49.9 Å². The van der Waals surface area contributed by atoms with Crippen molar-refractivity contribution in [2.75, 3.05) is 22.1 Å². The number of amides is 1. The molecule has 1 aliphatic heterocycles. The number of nitriles is 1. The molecule has 1 atom stereocenters. The maximum atomic E-state index is 13.4. The van der Waals surface area contributed by atoms with Crippen molar-refractivity contribution in [3.63, 3.8) is 0 Å². The van der Waals surface area contributed by atoms with Crippen LogP contribution in [0.4, 0.5) is 23.4 Å². The van der Waals surface area contributed by atoms with Gasteiger partial charge in [-0.2, -0.15) is 20.3 Å². The minimum absolute atomic E-state index is 0.170. The quantitative estimate of drug-likeness (QED) is 0.391. The third-order valence-corrected chi connectivity index (χ3v) is 6.74. The van der Waals surface area contributed by atoms with Crippen molar-refractivity contribution in [2.45, 2.75) is 44.1 Å². The van der Waals surface area contributed by atoms with E-state index in [-0.39, 0.29) is 5.91 Å². The molecule has 0 aromatic carbocycles. The van der Waals surface area contributed by atoms with Crippen molar-refractivity contribution in [1.29, 1.82) is 5.26 Å². The third kappa shape index (κ3) is 3.82. The molecule has 176 valence electrons. The van der Waals surface area contributed by atoms with E-state index in [0.29, 0.717) is 48.0 Å². The van der Waals surface area contributed by atoms with Crippen molar-refractivity contribution < 1.29 is 4.79 Å². The average molecular weight is 469 g/mol. The Morgan fingerprint density at radius 1 is 1.29 bits per heavy atom. The first-order chi connectivity index (χ1) is 17.0. The minimum Gasteiger partial charge on any atom is -0.326 e. The summed E-state index contributed by atoms with van der Waals surface area (Å²) < 4.78 is 1.87. The van der Waals surface area contributed by atoms with Gasteiger partial charge in [0.1, 0.15) is 22.9 Å². The molecule has 11 nitrogen and oxygen atoms in total. The lowest BCUT2D eigenvalue weighted by atomic mass is 9.97. The smallest absolute Gasteiger partial charge is 0.250 e. The zero-order valence-corrected chi connectivity index (χ0v) is 19.2. The van der Waals surface area contributed by atoms with Gasteiger partial charge >= 0.3 is 0 Å². The number of aromatic amines is 1. The molecular weight excluding hydrogens is 444 g/mol. The molecule has 5 heterocycles. The highest BCUT2D eigenvalue weighted by molar-refractivity contribution is 6.00. The molecule has 2 fully saturated rings. The number of H-pyrrole nitrogens is 1. The van der Waals surface area contributed by atoms with Gasteiger partial charge in [-0.15, -0.1) is 0 Å². The Balaban J connectivity index is 1.29. The molecule has 0 unspecified atom stereocenters. The summed E-state index contributed by atoms with van der Waals surface area (Å²) in [6.45, 7) is 2.56. The second kappa shape index (κ2) is 8.09. The molecule has 11 heteroatoms. The van der Waals surface area contributed by atoms with Gasteiger partial charge in [-0.25, -0.2) is 4.98 Å². The van der Waals surface area contributed by atoms with Crippen LogP contribution in [0.25, 0.3) is 5.65 Å². The van der Waals surface area contributed by atoms with E-state index in [2.05, 4.69) is 25.8 Å². The number of rotatable bonds is 6. The van der Waals surface area contributed by atoms with Crippen LogP contribution >= 0.6 is 0 Å². The number of aromatic nitrogens is 6. The second-order valence-electron chi connectivity index (χ2n) is 9.22. The van der Waals surface area contributed by atoms with Crippen molar-refractivity contribution in [3.05, 3.63) is 54.1 Å². The number of hydrogen-bond donors (Lipinski definition) is 3. The Hall–Kier alpha value is -4.46. The first kappa shape index (κ1) is 21.1. The number of carbonyl (C=O) groups excluding carboxylic acids is 1. The number of hydrogen-bond acceptors (Lipinski definition) is 8. The summed E-state index contributed by atoms with van der Waals surface area (Å²) in [4.78, 5) is 29.0. The average Bonchev–Trinajstić information content (AvgIpc) is 3.23. The molecule has 1 saturated carbocycles. The Bertz CT molecular complexity index is 1450. The van der Waals surface area contributed by atoms with E-state index in [1.54, 1.807) is 12.1 Å². The Labute approximate surface area is 201 Å². The monoisotopic (exact) mass is 468 g/mol. The summed E-state index contributed by atoms with van der Waals surface area (Å²) in [5.41, 5.74) is 1.85. The van der Waals surface area contributed by atoms with Gasteiger partial charge in [0.2, 0.25) is 17.8 Å². The molecular formula is C24H24N10O. The van der Waals surface area contributed by atoms with Crippen LogP contribution in [-0.4, -0.2) is 47.5 Å². The number of pyridine rings is 1. The van der Waals surface area contributed by atoms with E-state index in [9.17, 15) is 4.79 Å². The van der Waals surface area contributed by atoms with Crippen molar-refractivity contribution in [3.8, 4) is 6.07 Å². The van der Waals surface area contributed by atoms with E-state index in [1.165, 1.54) is 19.0 Å². The van der Waals surface area contributed by atoms with Gasteiger partial charge in [0.25, 0.3) is 0 Å². The van der Waals surface area contributed by atoms with E-state index in [1.807, 2.05) is 46.7 Å². The molecule has 0 spiro atoms. The number of anilines is 4. The van der Waals surface area contributed by atoms with Gasteiger partial charge < -0.3 is 15.5 Å². The van der Waals surface area contributed by atoms with E-state index >= 15 is 0 Å². The normalized spacial score (nSPS) is 19.6. The van der Waals surface area contributed by atoms with Crippen molar-refractivity contribution in [1.82, 2.24) is 29.5 Å². The molecule has 6 rings (SSSR count). The maximum absolute atomic E-state index is 13.4. The van der Waals surface area contributed by atoms with Gasteiger partial charge in [0, 0.05) is 30.4 Å². The summed E-state index contributed by atoms with van der Waals surface area (Å²) in [6, 6.07) is 11.1. The van der Waals surface area contributed by atoms with Crippen LogP contribution in [0.15, 0.2) is 42.7 Å². The fraction of sp³-hybridized carbons (Fsp3) is 0.333. The fourth-order valence-corrected chi connectivity index (χ4v) is 4.57. The molecule has 0 bridgehead atoms. The van der Waals surface area contributed by atoms with Crippen LogP contribution in [0.5, 0.6) is 0 Å². The zero-order chi connectivity index (χ0) is 24.0. The molecule has 4 aromatic heterocycles. The highest BCUT2D eigenvalue weighted by Gasteiger charge is 2.45. The van der Waals surface area contributed by atoms with Crippen molar-refractivity contribution in [2.24, 2.45) is 0 Å². The Morgan fingerprint density at radius 2 is 2.17 bits per heavy atom. The van der Waals surface area contributed by atoms with Gasteiger partial charge in [0.05, 0.1) is 11.9 Å². The predicted octanol–water partition coefficient (Wildman–Crippen LogP) is 3.34. The van der Waals surface area contributed by atoms with Crippen LogP contribution < -0.4 is 15.5 Å². The summed E-state index contributed by atoms with van der Waals surface area (Å²) in [6.07, 6.45) is 7.25. The molecule has 3 N–H and O–H groups in total. The minimum atomic E-state index is -0.846. The van der Waals surface area contributed by atoms with Gasteiger partial charge in [-0.3, -0.25) is 14.3 Å². The van der Waals surface area contributed by atoms with E-state index in [0.717, 1.165) is 17.8 Å². The molecule has 2 aliphatic rings. The first-order valence-electron chi connectivity index (χ1n) is 11.7. The largest absolute Gasteiger partial charge is 0.326 e. The Morgan fingerprint density at radius 3 is 2.94 bits per heavy atom. The maximum Gasteiger partial charge on any atom is 0.250 e. The summed E-state index contributed by atoms with van der Waals surface area (Å²) >= 11 is 0. The molecule has 4 aromatic rings. The molecule has 1 aliphatic carbocycles. The van der Waals surface area contributed by atoms with Gasteiger partial charge in [0.15, 0.2) is 5.82 Å². The number of carbonyl (C=O) groups is 1. The molecule has 35 heavy (non-hydrogen) atoms. The lowest BCUT2D eigenvalue weighted by Crippen LogP contribution is -2.51. The van der Waals surface area contributed by atoms with Crippen LogP contribution in [0.2, 0.25) is 0 Å². The van der Waals surface area contributed by atoms with Gasteiger partial charge in [-0.1, -0.05) is 0 Å². The number of nitrogens with one attached hydrogen (secondary N) is 3. The number of nitrogens with zero attached hydrogens (tertiary/aromatic N) is 7. The first-order valence-corrected chi connectivity index (χ1v) is 11.7. The number of fused-ring (bicyclic) bond motifs is 1. The van der Waals surface area contributed by atoms with Crippen LogP contribution in [0.3, 0.4) is 0 Å². The van der Waals surface area contributed by atoms with E-state index < -0.39 is 5.54 Å². The highest BCUT2D eigenvalue weighted by Crippen LogP contribution is 2.40. The zero-order valence-electron chi connectivity index (χ0n) is 19.2. The fourth-order valence-electron chi connectivity index (χ4n) is 4.57. The molecule has 1 amide bonds.